The fraction of sp³-hybridized carbons (Fsp3) is 0.857. The van der Waals surface area contributed by atoms with Crippen LogP contribution < -0.4 is 0 Å². The number of methoxy groups -OCH3 is 1. The zero-order valence-electron chi connectivity index (χ0n) is 11.2. The second-order valence-electron chi connectivity index (χ2n) is 5.08. The first kappa shape index (κ1) is 15.2. The van der Waals surface area contributed by atoms with Crippen LogP contribution in [-0.4, -0.2) is 30.6 Å². The lowest BCUT2D eigenvalue weighted by molar-refractivity contribution is -0.140. The third kappa shape index (κ3) is 4.77. The van der Waals surface area contributed by atoms with Crippen molar-refractivity contribution in [1.29, 1.82) is 0 Å². The van der Waals surface area contributed by atoms with Gasteiger partial charge in [0, 0.05) is 25.4 Å². The summed E-state index contributed by atoms with van der Waals surface area (Å²) in [4.78, 5) is 22.5. The van der Waals surface area contributed by atoms with Crippen molar-refractivity contribution in [3.05, 3.63) is 0 Å². The maximum absolute atomic E-state index is 11.6. The molecule has 1 N–H and O–H groups in total. The first-order valence-corrected chi connectivity index (χ1v) is 6.89. The van der Waals surface area contributed by atoms with Crippen LogP contribution in [0, 0.1) is 11.8 Å². The Morgan fingerprint density at radius 1 is 1.33 bits per heavy atom. The Balaban J connectivity index is 2.07. The van der Waals surface area contributed by atoms with Crippen LogP contribution >= 0.6 is 0 Å². The predicted octanol–water partition coefficient (Wildman–Crippen LogP) is 2.09. The van der Waals surface area contributed by atoms with Crippen molar-refractivity contribution >= 4 is 11.8 Å². The molecule has 0 heterocycles. The molecule has 0 aromatic rings. The van der Waals surface area contributed by atoms with Crippen LogP contribution in [0.4, 0.5) is 0 Å². The van der Waals surface area contributed by atoms with Gasteiger partial charge in [0.05, 0.1) is 7.11 Å². The minimum atomic E-state index is -0.152. The maximum Gasteiger partial charge on any atom is 0.305 e. The summed E-state index contributed by atoms with van der Waals surface area (Å²) in [6.07, 6.45) is 6.77. The Kier molecular flexibility index (Phi) is 6.94. The van der Waals surface area contributed by atoms with Crippen molar-refractivity contribution < 1.29 is 19.4 Å². The van der Waals surface area contributed by atoms with Crippen LogP contribution in [0.2, 0.25) is 0 Å². The fourth-order valence-electron chi connectivity index (χ4n) is 2.68. The molecule has 0 aromatic heterocycles. The average Bonchev–Trinajstić information content (AvgIpc) is 2.74. The third-order valence-electron chi connectivity index (χ3n) is 3.85. The summed E-state index contributed by atoms with van der Waals surface area (Å²) in [5.41, 5.74) is 0. The third-order valence-corrected chi connectivity index (χ3v) is 3.85. The minimum absolute atomic E-state index is 0.0793. The van der Waals surface area contributed by atoms with Gasteiger partial charge in [0.25, 0.3) is 0 Å². The van der Waals surface area contributed by atoms with Crippen LogP contribution in [0.3, 0.4) is 0 Å². The van der Waals surface area contributed by atoms with Crippen LogP contribution in [0.1, 0.15) is 51.4 Å². The molecule has 1 aliphatic carbocycles. The van der Waals surface area contributed by atoms with E-state index in [2.05, 4.69) is 4.74 Å². The van der Waals surface area contributed by atoms with Gasteiger partial charge in [-0.05, 0) is 25.2 Å². The van der Waals surface area contributed by atoms with E-state index in [0.29, 0.717) is 18.6 Å². The molecule has 1 rings (SSSR count). The molecule has 0 spiro atoms. The normalized spacial score (nSPS) is 23.3. The van der Waals surface area contributed by atoms with Gasteiger partial charge in [-0.1, -0.05) is 19.3 Å². The van der Waals surface area contributed by atoms with Gasteiger partial charge in [-0.15, -0.1) is 0 Å². The summed E-state index contributed by atoms with van der Waals surface area (Å²) in [5.74, 6) is 0.438. The standard InChI is InChI=1S/C14H24O4/c1-18-14(17)7-5-3-2-4-6-12-11(10-15)8-9-13(12)16/h11-12,15H,2-10H2,1H3. The molecule has 2 atom stereocenters. The second kappa shape index (κ2) is 8.25. The van der Waals surface area contributed by atoms with E-state index in [0.717, 1.165) is 38.5 Å². The highest BCUT2D eigenvalue weighted by Crippen LogP contribution is 2.32. The molecule has 0 radical (unpaired) electrons. The van der Waals surface area contributed by atoms with Gasteiger partial charge in [0.15, 0.2) is 0 Å². The smallest absolute Gasteiger partial charge is 0.305 e. The maximum atomic E-state index is 11.6. The predicted molar refractivity (Wildman–Crippen MR) is 68.0 cm³/mol. The summed E-state index contributed by atoms with van der Waals surface area (Å²) in [6.45, 7) is 0.138. The zero-order chi connectivity index (χ0) is 13.4. The molecular weight excluding hydrogens is 232 g/mol. The van der Waals surface area contributed by atoms with Gasteiger partial charge in [0.2, 0.25) is 0 Å². The van der Waals surface area contributed by atoms with Crippen LogP contribution in [0.5, 0.6) is 0 Å². The highest BCUT2D eigenvalue weighted by molar-refractivity contribution is 5.83. The van der Waals surface area contributed by atoms with Crippen molar-refractivity contribution in [3.8, 4) is 0 Å². The topological polar surface area (TPSA) is 63.6 Å². The number of carbonyl (C=O) groups excluding carboxylic acids is 2. The number of rotatable bonds is 8. The van der Waals surface area contributed by atoms with Crippen LogP contribution in [-0.2, 0) is 14.3 Å². The van der Waals surface area contributed by atoms with E-state index in [-0.39, 0.29) is 24.4 Å². The zero-order valence-corrected chi connectivity index (χ0v) is 11.2. The van der Waals surface area contributed by atoms with Crippen molar-refractivity contribution in [2.75, 3.05) is 13.7 Å². The molecule has 4 nitrogen and oxygen atoms in total. The first-order chi connectivity index (χ1) is 8.69. The number of ketones is 1. The Labute approximate surface area is 109 Å². The quantitative estimate of drug-likeness (QED) is 0.533. The second-order valence-corrected chi connectivity index (χ2v) is 5.08. The molecule has 1 fully saturated rings. The Morgan fingerprint density at radius 2 is 2.06 bits per heavy atom. The molecule has 1 saturated carbocycles. The molecule has 18 heavy (non-hydrogen) atoms. The molecule has 4 heteroatoms. The van der Waals surface area contributed by atoms with E-state index in [4.69, 9.17) is 0 Å². The first-order valence-electron chi connectivity index (χ1n) is 6.89. The summed E-state index contributed by atoms with van der Waals surface area (Å²) in [6, 6.07) is 0. The Bertz CT molecular complexity index is 275. The summed E-state index contributed by atoms with van der Waals surface area (Å²) >= 11 is 0. The highest BCUT2D eigenvalue weighted by atomic mass is 16.5. The average molecular weight is 256 g/mol. The van der Waals surface area contributed by atoms with Crippen molar-refractivity contribution in [2.45, 2.75) is 51.4 Å². The number of ether oxygens (including phenoxy) is 1. The summed E-state index contributed by atoms with van der Waals surface area (Å²) < 4.78 is 4.57. The van der Waals surface area contributed by atoms with Gasteiger partial charge >= 0.3 is 5.97 Å². The Hall–Kier alpha value is -0.900. The number of Topliss-reactive ketones (excluding diaryl/α,β-unsaturated/α-hetero) is 1. The molecular formula is C14H24O4. The van der Waals surface area contributed by atoms with E-state index in [1.54, 1.807) is 0 Å². The van der Waals surface area contributed by atoms with Gasteiger partial charge in [0.1, 0.15) is 5.78 Å². The molecule has 0 amide bonds. The monoisotopic (exact) mass is 256 g/mol. The number of esters is 1. The minimum Gasteiger partial charge on any atom is -0.469 e. The number of hydrogen-bond donors (Lipinski definition) is 1. The van der Waals surface area contributed by atoms with E-state index >= 15 is 0 Å². The largest absolute Gasteiger partial charge is 0.469 e. The van der Waals surface area contributed by atoms with Crippen molar-refractivity contribution in [2.24, 2.45) is 11.8 Å². The van der Waals surface area contributed by atoms with Gasteiger partial charge in [-0.2, -0.15) is 0 Å². The lowest BCUT2D eigenvalue weighted by atomic mass is 9.90. The number of hydrogen-bond acceptors (Lipinski definition) is 4. The van der Waals surface area contributed by atoms with Crippen LogP contribution in [0.25, 0.3) is 0 Å². The van der Waals surface area contributed by atoms with Gasteiger partial charge in [-0.25, -0.2) is 0 Å². The highest BCUT2D eigenvalue weighted by Gasteiger charge is 2.33. The van der Waals surface area contributed by atoms with E-state index in [1.807, 2.05) is 0 Å². The molecule has 0 aromatic carbocycles. The number of aliphatic hydroxyl groups excluding tert-OH is 1. The van der Waals surface area contributed by atoms with E-state index in [1.165, 1.54) is 7.11 Å². The number of unbranched alkanes of at least 4 members (excludes halogenated alkanes) is 3. The lowest BCUT2D eigenvalue weighted by Crippen LogP contribution is -2.17. The SMILES string of the molecule is COC(=O)CCCCCCC1C(=O)CCC1CO. The number of aliphatic hydroxyl groups is 1. The van der Waals surface area contributed by atoms with Crippen molar-refractivity contribution in [1.82, 2.24) is 0 Å². The molecule has 2 unspecified atom stereocenters. The molecule has 104 valence electrons. The fourth-order valence-corrected chi connectivity index (χ4v) is 2.68. The van der Waals surface area contributed by atoms with E-state index < -0.39 is 0 Å². The lowest BCUT2D eigenvalue weighted by Gasteiger charge is -2.15. The summed E-state index contributed by atoms with van der Waals surface area (Å²) in [7, 11) is 1.41. The van der Waals surface area contributed by atoms with Crippen molar-refractivity contribution in [3.63, 3.8) is 0 Å². The van der Waals surface area contributed by atoms with E-state index in [9.17, 15) is 14.7 Å². The van der Waals surface area contributed by atoms with Gasteiger partial charge in [-0.3, -0.25) is 9.59 Å². The molecule has 0 aliphatic heterocycles. The Morgan fingerprint density at radius 3 is 2.72 bits per heavy atom. The molecule has 0 bridgehead atoms. The molecule has 0 saturated heterocycles. The molecule has 1 aliphatic rings. The summed E-state index contributed by atoms with van der Waals surface area (Å²) in [5, 5.41) is 9.18. The van der Waals surface area contributed by atoms with Crippen LogP contribution in [0.15, 0.2) is 0 Å². The number of carbonyl (C=O) groups is 2. The van der Waals surface area contributed by atoms with Gasteiger partial charge < -0.3 is 9.84 Å².